The van der Waals surface area contributed by atoms with Gasteiger partial charge in [0.25, 0.3) is 11.8 Å². The van der Waals surface area contributed by atoms with Crippen molar-refractivity contribution in [3.63, 3.8) is 0 Å². The highest BCUT2D eigenvalue weighted by molar-refractivity contribution is 7.90. The van der Waals surface area contributed by atoms with E-state index in [0.29, 0.717) is 34.6 Å². The van der Waals surface area contributed by atoms with Crippen LogP contribution in [0.4, 0.5) is 13.2 Å². The molecular formula is C35H47F3N4O5SSi. The minimum absolute atomic E-state index is 0.0575. The summed E-state index contributed by atoms with van der Waals surface area (Å²) in [6, 6.07) is 11.7. The Hall–Kier alpha value is -2.75. The highest BCUT2D eigenvalue weighted by atomic mass is 32.2. The molecule has 5 rings (SSSR count). The molecule has 2 heterocycles. The van der Waals surface area contributed by atoms with Crippen LogP contribution >= 0.6 is 0 Å². The lowest BCUT2D eigenvalue weighted by atomic mass is 10.00. The molecule has 0 saturated heterocycles. The van der Waals surface area contributed by atoms with Crippen molar-refractivity contribution in [2.24, 2.45) is 5.92 Å². The van der Waals surface area contributed by atoms with Crippen LogP contribution in [0, 0.1) is 5.92 Å². The molecule has 1 saturated carbocycles. The summed E-state index contributed by atoms with van der Waals surface area (Å²) >= 11 is -1.69. The molecule has 5 atom stereocenters. The van der Waals surface area contributed by atoms with E-state index >= 15 is 0 Å². The molecule has 1 aromatic heterocycles. The van der Waals surface area contributed by atoms with E-state index in [9.17, 15) is 27.3 Å². The minimum atomic E-state index is -4.60. The highest BCUT2D eigenvalue weighted by Gasteiger charge is 2.47. The summed E-state index contributed by atoms with van der Waals surface area (Å²) in [6.45, 7) is 15.0. The van der Waals surface area contributed by atoms with E-state index in [4.69, 9.17) is 14.5 Å². The molecule has 0 spiro atoms. The highest BCUT2D eigenvalue weighted by Crippen LogP contribution is 2.47. The molecular weight excluding hydrogens is 674 g/mol. The number of ether oxygens (including phenoxy) is 2. The zero-order valence-electron chi connectivity index (χ0n) is 29.4. The number of fused-ring (bicyclic) bond motifs is 2. The molecule has 9 nitrogen and oxygen atoms in total. The Bertz CT molecular complexity index is 1650. The molecule has 1 aliphatic carbocycles. The average Bonchev–Trinajstić information content (AvgIpc) is 3.73. The van der Waals surface area contributed by atoms with Crippen LogP contribution in [0.3, 0.4) is 0 Å². The first-order valence-corrected chi connectivity index (χ1v) is 21.6. The van der Waals surface area contributed by atoms with E-state index in [2.05, 4.69) is 24.4 Å². The fourth-order valence-electron chi connectivity index (χ4n) is 5.89. The lowest BCUT2D eigenvalue weighted by Gasteiger charge is -2.32. The molecule has 268 valence electrons. The van der Waals surface area contributed by atoms with Crippen LogP contribution in [0.15, 0.2) is 42.5 Å². The summed E-state index contributed by atoms with van der Waals surface area (Å²) in [5, 5.41) is 0. The molecule has 2 aromatic carbocycles. The van der Waals surface area contributed by atoms with Gasteiger partial charge in [-0.2, -0.15) is 13.2 Å². The molecule has 1 unspecified atom stereocenters. The SMILES string of the molecule is C[C@@H](O[C@H](C)C(F)(F)F)[C@H](N[S+]([O-])C(C)(C)C)c1nc2cc([C@@H](C3CC3)N3C(=O)c4ccccc4C3=O)ccc2n1COCC[Si](C)(C)C. The van der Waals surface area contributed by atoms with Crippen LogP contribution < -0.4 is 4.72 Å². The summed E-state index contributed by atoms with van der Waals surface area (Å²) < 4.78 is 70.1. The quantitative estimate of drug-likeness (QED) is 0.0794. The third-order valence-corrected chi connectivity index (χ3v) is 12.2. The monoisotopic (exact) mass is 720 g/mol. The second-order valence-electron chi connectivity index (χ2n) is 15.3. The van der Waals surface area contributed by atoms with Crippen molar-refractivity contribution in [2.45, 2.75) is 115 Å². The maximum atomic E-state index is 13.6. The van der Waals surface area contributed by atoms with Gasteiger partial charge in [-0.3, -0.25) is 14.5 Å². The first-order chi connectivity index (χ1) is 22.8. The standard InChI is InChI=1S/C35H47F3N4O5SSi/c1-21(47-22(2)35(36,37)38)29(40-48(45)34(3,4)5)31-39-27-19-24(15-16-28(27)41(31)20-46-17-18-49(6,7)8)30(23-13-14-23)42-32(43)25-11-9-10-12-26(25)33(42)44/h9-12,15-16,19,21-23,29-30,40H,13-14,17-18,20H2,1-8H3/t21-,22-,29+,30-,48?/m1/s1. The fourth-order valence-corrected chi connectivity index (χ4v) is 7.53. The molecule has 3 aromatic rings. The van der Waals surface area contributed by atoms with Crippen molar-refractivity contribution in [1.29, 1.82) is 0 Å². The van der Waals surface area contributed by atoms with Crippen LogP contribution in [0.1, 0.15) is 91.6 Å². The first-order valence-electron chi connectivity index (χ1n) is 16.7. The van der Waals surface area contributed by atoms with Gasteiger partial charge in [0.2, 0.25) is 0 Å². The maximum Gasteiger partial charge on any atom is 0.414 e. The number of carbonyl (C=O) groups is 2. The second kappa shape index (κ2) is 14.1. The third kappa shape index (κ3) is 8.42. The smallest absolute Gasteiger partial charge is 0.414 e. The normalized spacial score (nSPS) is 18.9. The van der Waals surface area contributed by atoms with Crippen molar-refractivity contribution in [2.75, 3.05) is 6.61 Å². The van der Waals surface area contributed by atoms with E-state index in [1.807, 2.05) is 18.2 Å². The number of benzene rings is 2. The Morgan fingerprint density at radius 2 is 1.65 bits per heavy atom. The van der Waals surface area contributed by atoms with Crippen molar-refractivity contribution in [3.05, 3.63) is 65.0 Å². The summed E-state index contributed by atoms with van der Waals surface area (Å²) in [5.74, 6) is -0.271. The van der Waals surface area contributed by atoms with Gasteiger partial charge in [-0.1, -0.05) is 37.8 Å². The van der Waals surface area contributed by atoms with Crippen LogP contribution in [0.5, 0.6) is 0 Å². The largest absolute Gasteiger partial charge is 0.598 e. The fraction of sp³-hybridized carbons (Fsp3) is 0.571. The number of halogens is 3. The molecule has 1 N–H and O–H groups in total. The molecule has 1 fully saturated rings. The molecule has 1 aliphatic heterocycles. The molecule has 2 aliphatic rings. The van der Waals surface area contributed by atoms with Crippen molar-refractivity contribution in [1.82, 2.24) is 19.2 Å². The van der Waals surface area contributed by atoms with Crippen molar-refractivity contribution >= 4 is 42.3 Å². The second-order valence-corrected chi connectivity index (χ2v) is 22.9. The van der Waals surface area contributed by atoms with Crippen LogP contribution in [-0.2, 0) is 27.6 Å². The van der Waals surface area contributed by atoms with Gasteiger partial charge in [0.1, 0.15) is 23.3 Å². The van der Waals surface area contributed by atoms with Gasteiger partial charge in [-0.15, -0.1) is 4.72 Å². The Kier molecular flexibility index (Phi) is 10.8. The number of alkyl halides is 3. The maximum absolute atomic E-state index is 13.6. The number of amides is 2. The lowest BCUT2D eigenvalue weighted by Crippen LogP contribution is -2.47. The van der Waals surface area contributed by atoms with E-state index in [0.717, 1.165) is 31.4 Å². The van der Waals surface area contributed by atoms with E-state index in [-0.39, 0.29) is 24.5 Å². The summed E-state index contributed by atoms with van der Waals surface area (Å²) in [5.41, 5.74) is 2.65. The Morgan fingerprint density at radius 3 is 2.18 bits per heavy atom. The molecule has 0 radical (unpaired) electrons. The number of rotatable bonds is 14. The van der Waals surface area contributed by atoms with Crippen molar-refractivity contribution < 1.29 is 36.8 Å². The van der Waals surface area contributed by atoms with E-state index in [1.54, 1.807) is 49.6 Å². The van der Waals surface area contributed by atoms with E-state index < -0.39 is 54.7 Å². The van der Waals surface area contributed by atoms with Crippen molar-refractivity contribution in [3.8, 4) is 0 Å². The van der Waals surface area contributed by atoms with Gasteiger partial charge in [0.15, 0.2) is 6.10 Å². The average molecular weight is 721 g/mol. The number of nitrogens with zero attached hydrogens (tertiary/aromatic N) is 3. The van der Waals surface area contributed by atoms with Gasteiger partial charge < -0.3 is 18.6 Å². The number of carbonyl (C=O) groups excluding carboxylic acids is 2. The van der Waals surface area contributed by atoms with Crippen LogP contribution in [0.2, 0.25) is 25.7 Å². The van der Waals surface area contributed by atoms with Crippen LogP contribution in [0.25, 0.3) is 11.0 Å². The number of aromatic nitrogens is 2. The Morgan fingerprint density at radius 1 is 1.04 bits per heavy atom. The number of hydrogen-bond acceptors (Lipinski definition) is 7. The number of hydrogen-bond donors (Lipinski definition) is 1. The Labute approximate surface area is 290 Å². The number of imide groups is 1. The molecule has 0 bridgehead atoms. The van der Waals surface area contributed by atoms with E-state index in [1.165, 1.54) is 11.8 Å². The summed E-state index contributed by atoms with van der Waals surface area (Å²) in [4.78, 5) is 33.4. The van der Waals surface area contributed by atoms with Gasteiger partial charge in [-0.05, 0) is 89.3 Å². The summed E-state index contributed by atoms with van der Waals surface area (Å²) in [6.07, 6.45) is -6.06. The Balaban J connectivity index is 1.58. The van der Waals surface area contributed by atoms with Crippen LogP contribution in [-0.4, -0.2) is 68.6 Å². The predicted octanol–water partition coefficient (Wildman–Crippen LogP) is 7.54. The number of nitrogens with one attached hydrogen (secondary N) is 1. The first kappa shape index (κ1) is 37.5. The van der Waals surface area contributed by atoms with Gasteiger partial charge in [0.05, 0.1) is 34.3 Å². The molecule has 49 heavy (non-hydrogen) atoms. The molecule has 2 amide bonds. The molecule has 14 heteroatoms. The van der Waals surface area contributed by atoms with Gasteiger partial charge >= 0.3 is 6.18 Å². The third-order valence-electron chi connectivity index (χ3n) is 8.95. The van der Waals surface area contributed by atoms with Gasteiger partial charge in [0, 0.05) is 26.0 Å². The number of imidazole rings is 1. The topological polar surface area (TPSA) is 109 Å². The zero-order chi connectivity index (χ0) is 36.1. The van der Waals surface area contributed by atoms with Gasteiger partial charge in [-0.25, -0.2) is 4.98 Å². The zero-order valence-corrected chi connectivity index (χ0v) is 31.2. The lowest BCUT2D eigenvalue weighted by molar-refractivity contribution is -0.227. The minimum Gasteiger partial charge on any atom is -0.598 e. The summed E-state index contributed by atoms with van der Waals surface area (Å²) in [7, 11) is -1.43. The predicted molar refractivity (Wildman–Crippen MR) is 186 cm³/mol.